The Morgan fingerprint density at radius 2 is 1.79 bits per heavy atom. The van der Waals surface area contributed by atoms with Crippen molar-refractivity contribution in [1.82, 2.24) is 9.88 Å². The van der Waals surface area contributed by atoms with E-state index in [0.29, 0.717) is 18.8 Å². The Bertz CT molecular complexity index is 695. The summed E-state index contributed by atoms with van der Waals surface area (Å²) in [4.78, 5) is 17.8. The number of para-hydroxylation sites is 1. The van der Waals surface area contributed by atoms with Crippen LogP contribution >= 0.6 is 0 Å². The number of aromatic nitrogens is 1. The Labute approximate surface area is 138 Å². The number of nitrogens with zero attached hydrogens (tertiary/aromatic N) is 2. The van der Waals surface area contributed by atoms with Gasteiger partial charge in [0.05, 0.1) is 23.1 Å². The van der Waals surface area contributed by atoms with E-state index in [2.05, 4.69) is 10.3 Å². The first-order valence-corrected chi connectivity index (χ1v) is 7.55. The number of carbonyl (C=O) groups is 1. The highest BCUT2D eigenvalue weighted by atomic mass is 19.4. The molecule has 1 heterocycles. The first-order chi connectivity index (χ1) is 11.4. The molecular weight excluding hydrogens is 319 g/mol. The molecule has 0 aliphatic carbocycles. The van der Waals surface area contributed by atoms with Gasteiger partial charge in [-0.1, -0.05) is 12.1 Å². The molecule has 0 unspecified atom stereocenters. The van der Waals surface area contributed by atoms with Crippen molar-refractivity contribution in [3.63, 3.8) is 0 Å². The highest BCUT2D eigenvalue weighted by Crippen LogP contribution is 2.35. The van der Waals surface area contributed by atoms with Crippen LogP contribution < -0.4 is 5.32 Å². The van der Waals surface area contributed by atoms with Gasteiger partial charge in [-0.25, -0.2) is 4.98 Å². The Balaban J connectivity index is 2.20. The third-order valence-corrected chi connectivity index (χ3v) is 3.54. The molecule has 0 atom stereocenters. The zero-order chi connectivity index (χ0) is 17.7. The quantitative estimate of drug-likeness (QED) is 0.883. The number of rotatable bonds is 5. The fraction of sp³-hybridized carbons (Fsp3) is 0.294. The van der Waals surface area contributed by atoms with Gasteiger partial charge < -0.3 is 10.2 Å². The zero-order valence-electron chi connectivity index (χ0n) is 13.4. The summed E-state index contributed by atoms with van der Waals surface area (Å²) < 4.78 is 38.9. The summed E-state index contributed by atoms with van der Waals surface area (Å²) in [6.45, 7) is 4.86. The summed E-state index contributed by atoms with van der Waals surface area (Å²) in [5.74, 6) is -0.206. The number of pyridine rings is 1. The number of anilines is 2. The van der Waals surface area contributed by atoms with E-state index in [1.165, 1.54) is 36.5 Å². The maximum Gasteiger partial charge on any atom is 0.418 e. The van der Waals surface area contributed by atoms with Crippen LogP contribution in [-0.2, 0) is 6.18 Å². The molecule has 128 valence electrons. The maximum absolute atomic E-state index is 13.0. The normalized spacial score (nSPS) is 11.2. The van der Waals surface area contributed by atoms with Crippen molar-refractivity contribution in [2.24, 2.45) is 0 Å². The summed E-state index contributed by atoms with van der Waals surface area (Å²) in [5, 5.41) is 2.69. The molecule has 1 amide bonds. The molecule has 2 rings (SSSR count). The summed E-state index contributed by atoms with van der Waals surface area (Å²) in [7, 11) is 0. The largest absolute Gasteiger partial charge is 0.418 e. The number of hydrogen-bond donors (Lipinski definition) is 1. The van der Waals surface area contributed by atoms with Crippen molar-refractivity contribution < 1.29 is 18.0 Å². The Kier molecular flexibility index (Phi) is 5.43. The molecule has 7 heteroatoms. The van der Waals surface area contributed by atoms with Crippen molar-refractivity contribution in [3.05, 3.63) is 53.9 Å². The lowest BCUT2D eigenvalue weighted by Crippen LogP contribution is -2.31. The van der Waals surface area contributed by atoms with Crippen LogP contribution in [0.25, 0.3) is 0 Å². The van der Waals surface area contributed by atoms with Crippen LogP contribution in [0.15, 0.2) is 42.6 Å². The smallest absolute Gasteiger partial charge is 0.354 e. The average Bonchev–Trinajstić information content (AvgIpc) is 2.56. The van der Waals surface area contributed by atoms with Crippen LogP contribution in [0.2, 0.25) is 0 Å². The minimum atomic E-state index is -4.45. The molecule has 24 heavy (non-hydrogen) atoms. The molecule has 0 bridgehead atoms. The van der Waals surface area contributed by atoms with Gasteiger partial charge in [-0.15, -0.1) is 0 Å². The number of carbonyl (C=O) groups excluding carboxylic acids is 1. The second-order valence-electron chi connectivity index (χ2n) is 5.08. The predicted octanol–water partition coefficient (Wildman–Crippen LogP) is 4.33. The lowest BCUT2D eigenvalue weighted by molar-refractivity contribution is -0.136. The SMILES string of the molecule is CCN(CC)C(=O)c1ccc(Nc2ccccc2C(F)(F)F)cn1. The van der Waals surface area contributed by atoms with Gasteiger partial charge in [0, 0.05) is 13.1 Å². The van der Waals surface area contributed by atoms with Crippen LogP contribution in [-0.4, -0.2) is 28.9 Å². The van der Waals surface area contributed by atoms with Gasteiger partial charge in [0.25, 0.3) is 5.91 Å². The van der Waals surface area contributed by atoms with Crippen molar-refractivity contribution in [3.8, 4) is 0 Å². The van der Waals surface area contributed by atoms with E-state index in [1.807, 2.05) is 13.8 Å². The first kappa shape index (κ1) is 17.8. The lowest BCUT2D eigenvalue weighted by atomic mass is 10.1. The van der Waals surface area contributed by atoms with E-state index >= 15 is 0 Å². The van der Waals surface area contributed by atoms with Gasteiger partial charge in [-0.05, 0) is 38.1 Å². The number of alkyl halides is 3. The molecule has 0 aliphatic heterocycles. The van der Waals surface area contributed by atoms with Gasteiger partial charge in [-0.3, -0.25) is 4.79 Å². The van der Waals surface area contributed by atoms with E-state index in [9.17, 15) is 18.0 Å². The van der Waals surface area contributed by atoms with Crippen LogP contribution in [0.1, 0.15) is 29.9 Å². The average molecular weight is 337 g/mol. The summed E-state index contributed by atoms with van der Waals surface area (Å²) in [5.41, 5.74) is -0.181. The molecule has 1 N–H and O–H groups in total. The molecule has 0 aliphatic rings. The third-order valence-electron chi connectivity index (χ3n) is 3.54. The van der Waals surface area contributed by atoms with Crippen LogP contribution in [0.3, 0.4) is 0 Å². The fourth-order valence-electron chi connectivity index (χ4n) is 2.26. The second kappa shape index (κ2) is 7.33. The molecule has 1 aromatic heterocycles. The summed E-state index contributed by atoms with van der Waals surface area (Å²) in [6, 6.07) is 8.24. The molecule has 0 saturated heterocycles. The highest BCUT2D eigenvalue weighted by molar-refractivity contribution is 5.92. The van der Waals surface area contributed by atoms with E-state index in [-0.39, 0.29) is 17.3 Å². The molecule has 0 radical (unpaired) electrons. The molecule has 4 nitrogen and oxygen atoms in total. The summed E-state index contributed by atoms with van der Waals surface area (Å²) in [6.07, 6.45) is -3.10. The maximum atomic E-state index is 13.0. The third kappa shape index (κ3) is 4.04. The lowest BCUT2D eigenvalue weighted by Gasteiger charge is -2.18. The van der Waals surface area contributed by atoms with E-state index in [4.69, 9.17) is 0 Å². The van der Waals surface area contributed by atoms with Crippen LogP contribution in [0.5, 0.6) is 0 Å². The van der Waals surface area contributed by atoms with E-state index in [1.54, 1.807) is 4.90 Å². The van der Waals surface area contributed by atoms with Crippen molar-refractivity contribution in [2.75, 3.05) is 18.4 Å². The summed E-state index contributed by atoms with van der Waals surface area (Å²) >= 11 is 0. The topological polar surface area (TPSA) is 45.2 Å². The van der Waals surface area contributed by atoms with Crippen LogP contribution in [0, 0.1) is 0 Å². The van der Waals surface area contributed by atoms with Crippen molar-refractivity contribution in [1.29, 1.82) is 0 Å². The number of halogens is 3. The second-order valence-corrected chi connectivity index (χ2v) is 5.08. The predicted molar refractivity (Wildman–Crippen MR) is 86.2 cm³/mol. The zero-order valence-corrected chi connectivity index (χ0v) is 13.4. The number of benzene rings is 1. The molecule has 0 saturated carbocycles. The van der Waals surface area contributed by atoms with E-state index in [0.717, 1.165) is 6.07 Å². The first-order valence-electron chi connectivity index (χ1n) is 7.55. The van der Waals surface area contributed by atoms with Gasteiger partial charge in [0.15, 0.2) is 0 Å². The minimum Gasteiger partial charge on any atom is -0.354 e. The number of hydrogen-bond acceptors (Lipinski definition) is 3. The molecule has 2 aromatic rings. The monoisotopic (exact) mass is 337 g/mol. The molecule has 0 fully saturated rings. The fourth-order valence-corrected chi connectivity index (χ4v) is 2.26. The van der Waals surface area contributed by atoms with Crippen molar-refractivity contribution in [2.45, 2.75) is 20.0 Å². The Hall–Kier alpha value is -2.57. The van der Waals surface area contributed by atoms with Gasteiger partial charge >= 0.3 is 6.18 Å². The highest BCUT2D eigenvalue weighted by Gasteiger charge is 2.33. The molecule has 0 spiro atoms. The van der Waals surface area contributed by atoms with Crippen LogP contribution in [0.4, 0.5) is 24.5 Å². The number of nitrogens with one attached hydrogen (secondary N) is 1. The minimum absolute atomic E-state index is 0.0605. The Morgan fingerprint density at radius 1 is 1.12 bits per heavy atom. The molecular formula is C17H18F3N3O. The van der Waals surface area contributed by atoms with Gasteiger partial charge in [0.1, 0.15) is 5.69 Å². The Morgan fingerprint density at radius 3 is 2.33 bits per heavy atom. The van der Waals surface area contributed by atoms with E-state index < -0.39 is 11.7 Å². The van der Waals surface area contributed by atoms with Gasteiger partial charge in [0.2, 0.25) is 0 Å². The van der Waals surface area contributed by atoms with Gasteiger partial charge in [-0.2, -0.15) is 13.2 Å². The van der Waals surface area contributed by atoms with Crippen molar-refractivity contribution >= 4 is 17.3 Å². The molecule has 1 aromatic carbocycles. The standard InChI is InChI=1S/C17H18F3N3O/c1-3-23(4-2)16(24)15-10-9-12(11-21-15)22-14-8-6-5-7-13(14)17(18,19)20/h5-11,22H,3-4H2,1-2H3. The number of amides is 1.